The maximum Gasteiger partial charge on any atom is 0.131 e. The second kappa shape index (κ2) is 4.47. The molecule has 0 radical (unpaired) electrons. The maximum absolute atomic E-state index is 5.63. The van der Waals surface area contributed by atoms with Gasteiger partial charge in [-0.05, 0) is 25.7 Å². The third-order valence-electron chi connectivity index (χ3n) is 2.65. The Kier molecular flexibility index (Phi) is 3.04. The van der Waals surface area contributed by atoms with Gasteiger partial charge >= 0.3 is 0 Å². The van der Waals surface area contributed by atoms with Crippen molar-refractivity contribution in [3.63, 3.8) is 0 Å². The Bertz CT molecular complexity index is 313. The molecule has 4 heteroatoms. The number of anilines is 2. The van der Waals surface area contributed by atoms with Gasteiger partial charge < -0.3 is 11.1 Å². The van der Waals surface area contributed by atoms with Crippen molar-refractivity contribution in [2.45, 2.75) is 32.6 Å². The lowest BCUT2D eigenvalue weighted by molar-refractivity contribution is 0.686. The molecular formula is C11H18N4. The first-order chi connectivity index (χ1) is 7.24. The number of nitrogen functional groups attached to an aromatic ring is 1. The van der Waals surface area contributed by atoms with E-state index in [9.17, 15) is 0 Å². The van der Waals surface area contributed by atoms with Crippen LogP contribution in [0.15, 0.2) is 6.07 Å². The minimum absolute atomic E-state index is 0.534. The van der Waals surface area contributed by atoms with Gasteiger partial charge in [-0.25, -0.2) is 9.97 Å². The molecule has 3 N–H and O–H groups in total. The monoisotopic (exact) mass is 206 g/mol. The molecule has 0 atom stereocenters. The molecule has 0 unspecified atom stereocenters. The van der Waals surface area contributed by atoms with Crippen molar-refractivity contribution >= 4 is 11.6 Å². The lowest BCUT2D eigenvalue weighted by Crippen LogP contribution is -2.06. The highest BCUT2D eigenvalue weighted by molar-refractivity contribution is 5.44. The molecular weight excluding hydrogens is 188 g/mol. The first kappa shape index (κ1) is 10.2. The fourth-order valence-corrected chi connectivity index (χ4v) is 1.70. The fraction of sp³-hybridized carbons (Fsp3) is 0.636. The van der Waals surface area contributed by atoms with Gasteiger partial charge in [-0.1, -0.05) is 12.8 Å². The minimum Gasteiger partial charge on any atom is -0.384 e. The molecule has 1 heterocycles. The van der Waals surface area contributed by atoms with Crippen molar-refractivity contribution in [2.24, 2.45) is 5.92 Å². The molecule has 82 valence electrons. The van der Waals surface area contributed by atoms with E-state index in [1.807, 2.05) is 6.92 Å². The molecule has 0 bridgehead atoms. The van der Waals surface area contributed by atoms with E-state index < -0.39 is 0 Å². The summed E-state index contributed by atoms with van der Waals surface area (Å²) < 4.78 is 0. The molecule has 1 aromatic heterocycles. The number of aromatic nitrogens is 2. The van der Waals surface area contributed by atoms with Gasteiger partial charge in [-0.15, -0.1) is 0 Å². The van der Waals surface area contributed by atoms with Gasteiger partial charge in [0.1, 0.15) is 17.5 Å². The average Bonchev–Trinajstić information content (AvgIpc) is 2.94. The van der Waals surface area contributed by atoms with Crippen LogP contribution in [0.5, 0.6) is 0 Å². The van der Waals surface area contributed by atoms with Crippen molar-refractivity contribution < 1.29 is 0 Å². The van der Waals surface area contributed by atoms with Crippen LogP contribution in [0, 0.1) is 12.8 Å². The summed E-state index contributed by atoms with van der Waals surface area (Å²) in [6.07, 6.45) is 5.42. The van der Waals surface area contributed by atoms with Crippen molar-refractivity contribution in [3.05, 3.63) is 11.9 Å². The molecule has 1 fully saturated rings. The zero-order chi connectivity index (χ0) is 10.7. The van der Waals surface area contributed by atoms with E-state index in [0.29, 0.717) is 5.82 Å². The van der Waals surface area contributed by atoms with Crippen LogP contribution < -0.4 is 11.1 Å². The van der Waals surface area contributed by atoms with Crippen LogP contribution in [-0.2, 0) is 0 Å². The first-order valence-corrected chi connectivity index (χ1v) is 5.59. The van der Waals surface area contributed by atoms with Gasteiger partial charge in [0.2, 0.25) is 0 Å². The van der Waals surface area contributed by atoms with Crippen molar-refractivity contribution in [3.8, 4) is 0 Å². The van der Waals surface area contributed by atoms with E-state index >= 15 is 0 Å². The van der Waals surface area contributed by atoms with Crippen LogP contribution in [0.1, 0.15) is 31.5 Å². The molecule has 1 aliphatic rings. The maximum atomic E-state index is 5.63. The Morgan fingerprint density at radius 3 is 2.93 bits per heavy atom. The molecule has 15 heavy (non-hydrogen) atoms. The summed E-state index contributed by atoms with van der Waals surface area (Å²) in [5, 5.41) is 3.28. The molecule has 0 spiro atoms. The number of nitrogens with zero attached hydrogens (tertiary/aromatic N) is 2. The first-order valence-electron chi connectivity index (χ1n) is 5.59. The van der Waals surface area contributed by atoms with E-state index in [4.69, 9.17) is 5.73 Å². The van der Waals surface area contributed by atoms with E-state index in [0.717, 1.165) is 24.1 Å². The lowest BCUT2D eigenvalue weighted by Gasteiger charge is -2.06. The largest absolute Gasteiger partial charge is 0.384 e. The smallest absolute Gasteiger partial charge is 0.131 e. The van der Waals surface area contributed by atoms with E-state index in [2.05, 4.69) is 15.3 Å². The molecule has 1 aliphatic carbocycles. The Labute approximate surface area is 90.3 Å². The highest BCUT2D eigenvalue weighted by atomic mass is 15.0. The zero-order valence-electron chi connectivity index (χ0n) is 9.16. The van der Waals surface area contributed by atoms with Crippen LogP contribution in [0.4, 0.5) is 11.6 Å². The van der Waals surface area contributed by atoms with Gasteiger partial charge in [0.05, 0.1) is 0 Å². The summed E-state index contributed by atoms with van der Waals surface area (Å²) in [6, 6.07) is 1.78. The normalized spacial score (nSPS) is 15.3. The van der Waals surface area contributed by atoms with Crippen LogP contribution >= 0.6 is 0 Å². The van der Waals surface area contributed by atoms with Crippen molar-refractivity contribution in [1.29, 1.82) is 0 Å². The summed E-state index contributed by atoms with van der Waals surface area (Å²) in [5.41, 5.74) is 5.63. The number of rotatable bonds is 5. The van der Waals surface area contributed by atoms with Gasteiger partial charge in [0.25, 0.3) is 0 Å². The number of hydrogen-bond donors (Lipinski definition) is 2. The molecule has 1 aromatic rings. The van der Waals surface area contributed by atoms with E-state index in [1.54, 1.807) is 6.07 Å². The second-order valence-electron chi connectivity index (χ2n) is 4.24. The van der Waals surface area contributed by atoms with Crippen LogP contribution in [0.3, 0.4) is 0 Å². The standard InChI is InChI=1S/C11H18N4/c1-8-14-10(12)7-11(15-8)13-6-2-3-9-4-5-9/h7,9H,2-6H2,1H3,(H3,12,13,14,15). The van der Waals surface area contributed by atoms with Crippen molar-refractivity contribution in [2.75, 3.05) is 17.6 Å². The number of aryl methyl sites for hydroxylation is 1. The predicted molar refractivity (Wildman–Crippen MR) is 61.6 cm³/mol. The van der Waals surface area contributed by atoms with Gasteiger partial charge in [0, 0.05) is 12.6 Å². The average molecular weight is 206 g/mol. The molecule has 0 amide bonds. The fourth-order valence-electron chi connectivity index (χ4n) is 1.70. The molecule has 0 saturated heterocycles. The third kappa shape index (κ3) is 3.38. The van der Waals surface area contributed by atoms with E-state index in [1.165, 1.54) is 25.7 Å². The van der Waals surface area contributed by atoms with E-state index in [-0.39, 0.29) is 0 Å². The van der Waals surface area contributed by atoms with Gasteiger partial charge in [0.15, 0.2) is 0 Å². The molecule has 1 saturated carbocycles. The molecule has 0 aromatic carbocycles. The Morgan fingerprint density at radius 2 is 2.27 bits per heavy atom. The Balaban J connectivity index is 1.76. The molecule has 2 rings (SSSR count). The minimum atomic E-state index is 0.534. The number of nitrogens with two attached hydrogens (primary N) is 1. The second-order valence-corrected chi connectivity index (χ2v) is 4.24. The van der Waals surface area contributed by atoms with Crippen LogP contribution in [0.2, 0.25) is 0 Å². The summed E-state index contributed by atoms with van der Waals surface area (Å²) in [7, 11) is 0. The SMILES string of the molecule is Cc1nc(N)cc(NCCCC2CC2)n1. The summed E-state index contributed by atoms with van der Waals surface area (Å²) in [5.74, 6) is 3.10. The topological polar surface area (TPSA) is 63.8 Å². The van der Waals surface area contributed by atoms with Gasteiger partial charge in [-0.2, -0.15) is 0 Å². The number of nitrogens with one attached hydrogen (secondary N) is 1. The Morgan fingerprint density at radius 1 is 1.47 bits per heavy atom. The molecule has 4 nitrogen and oxygen atoms in total. The Hall–Kier alpha value is -1.32. The third-order valence-corrected chi connectivity index (χ3v) is 2.65. The highest BCUT2D eigenvalue weighted by Crippen LogP contribution is 2.33. The zero-order valence-corrected chi connectivity index (χ0v) is 9.16. The summed E-state index contributed by atoms with van der Waals surface area (Å²) in [6.45, 7) is 2.83. The number of hydrogen-bond acceptors (Lipinski definition) is 4. The lowest BCUT2D eigenvalue weighted by atomic mass is 10.2. The quantitative estimate of drug-likeness (QED) is 0.723. The predicted octanol–water partition coefficient (Wildman–Crippen LogP) is 1.97. The molecule has 0 aliphatic heterocycles. The highest BCUT2D eigenvalue weighted by Gasteiger charge is 2.19. The van der Waals surface area contributed by atoms with Gasteiger partial charge in [-0.3, -0.25) is 0 Å². The van der Waals surface area contributed by atoms with Crippen molar-refractivity contribution in [1.82, 2.24) is 9.97 Å². The summed E-state index contributed by atoms with van der Waals surface area (Å²) >= 11 is 0. The summed E-state index contributed by atoms with van der Waals surface area (Å²) in [4.78, 5) is 8.29. The van der Waals surface area contributed by atoms with Crippen LogP contribution in [0.25, 0.3) is 0 Å². The van der Waals surface area contributed by atoms with Crippen LogP contribution in [-0.4, -0.2) is 16.5 Å².